The van der Waals surface area contributed by atoms with E-state index in [4.69, 9.17) is 4.74 Å². The highest BCUT2D eigenvalue weighted by Gasteiger charge is 2.18. The Morgan fingerprint density at radius 2 is 1.96 bits per heavy atom. The summed E-state index contributed by atoms with van der Waals surface area (Å²) in [5.41, 5.74) is 3.72. The monoisotopic (exact) mass is 370 g/mol. The minimum absolute atomic E-state index is 0.394. The molecule has 3 aromatic heterocycles. The molecule has 138 valence electrons. The number of pyridine rings is 1. The number of anilines is 2. The summed E-state index contributed by atoms with van der Waals surface area (Å²) >= 11 is 0. The van der Waals surface area contributed by atoms with Crippen LogP contribution >= 0.6 is 0 Å². The first-order chi connectivity index (χ1) is 13.7. The molecule has 28 heavy (non-hydrogen) atoms. The van der Waals surface area contributed by atoms with Crippen molar-refractivity contribution in [3.8, 4) is 11.8 Å². The van der Waals surface area contributed by atoms with Gasteiger partial charge in [0.2, 0.25) is 0 Å². The summed E-state index contributed by atoms with van der Waals surface area (Å²) in [7, 11) is 1.65. The normalized spacial score (nSPS) is 10.6. The van der Waals surface area contributed by atoms with Crippen LogP contribution in [0.15, 0.2) is 60.9 Å². The second kappa shape index (κ2) is 7.37. The minimum atomic E-state index is 0.394. The number of rotatable bonds is 5. The van der Waals surface area contributed by atoms with Crippen molar-refractivity contribution in [1.82, 2.24) is 19.6 Å². The minimum Gasteiger partial charge on any atom is -0.497 e. The number of methoxy groups -OCH3 is 1. The maximum absolute atomic E-state index is 9.36. The molecule has 0 bridgehead atoms. The van der Waals surface area contributed by atoms with Crippen LogP contribution in [0.4, 0.5) is 11.5 Å². The van der Waals surface area contributed by atoms with Crippen LogP contribution in [0.2, 0.25) is 0 Å². The molecule has 0 N–H and O–H groups in total. The zero-order valence-electron chi connectivity index (χ0n) is 15.6. The molecule has 0 fully saturated rings. The largest absolute Gasteiger partial charge is 0.497 e. The maximum atomic E-state index is 9.36. The molecule has 0 unspecified atom stereocenters. The highest BCUT2D eigenvalue weighted by atomic mass is 16.5. The third kappa shape index (κ3) is 3.23. The van der Waals surface area contributed by atoms with Gasteiger partial charge in [0, 0.05) is 12.7 Å². The Bertz CT molecular complexity index is 1150. The van der Waals surface area contributed by atoms with E-state index in [-0.39, 0.29) is 0 Å². The quantitative estimate of drug-likeness (QED) is 0.533. The number of fused-ring (bicyclic) bond motifs is 1. The average Bonchev–Trinajstić information content (AvgIpc) is 3.15. The molecule has 7 heteroatoms. The molecule has 0 saturated heterocycles. The Kier molecular flexibility index (Phi) is 4.60. The molecule has 0 aliphatic carbocycles. The lowest BCUT2D eigenvalue weighted by Gasteiger charge is -2.24. The van der Waals surface area contributed by atoms with E-state index in [2.05, 4.69) is 26.0 Å². The topological polar surface area (TPSA) is 79.3 Å². The van der Waals surface area contributed by atoms with Gasteiger partial charge in [-0.15, -0.1) is 0 Å². The van der Waals surface area contributed by atoms with Gasteiger partial charge in [0.1, 0.15) is 17.6 Å². The van der Waals surface area contributed by atoms with Crippen molar-refractivity contribution >= 4 is 17.2 Å². The van der Waals surface area contributed by atoms with Gasteiger partial charge in [-0.3, -0.25) is 0 Å². The SMILES string of the molecule is COc1ccc(CN(c2ccccn2)c2cc(C)nn3c(C#N)cnc23)cc1. The Labute approximate surface area is 162 Å². The summed E-state index contributed by atoms with van der Waals surface area (Å²) in [6.07, 6.45) is 3.29. The molecular weight excluding hydrogens is 352 g/mol. The van der Waals surface area contributed by atoms with Gasteiger partial charge in [-0.05, 0) is 42.8 Å². The number of nitriles is 1. The van der Waals surface area contributed by atoms with Crippen molar-refractivity contribution in [3.63, 3.8) is 0 Å². The van der Waals surface area contributed by atoms with Crippen LogP contribution in [0.3, 0.4) is 0 Å². The Morgan fingerprint density at radius 3 is 2.64 bits per heavy atom. The summed E-state index contributed by atoms with van der Waals surface area (Å²) in [6.45, 7) is 2.48. The lowest BCUT2D eigenvalue weighted by Crippen LogP contribution is -2.19. The molecular formula is C21H18N6O. The number of imidazole rings is 1. The predicted octanol–water partition coefficient (Wildman–Crippen LogP) is 3.65. The van der Waals surface area contributed by atoms with Crippen LogP contribution in [0, 0.1) is 18.3 Å². The molecule has 4 aromatic rings. The van der Waals surface area contributed by atoms with Gasteiger partial charge < -0.3 is 9.64 Å². The average molecular weight is 370 g/mol. The van der Waals surface area contributed by atoms with E-state index in [1.807, 2.05) is 55.5 Å². The van der Waals surface area contributed by atoms with Crippen molar-refractivity contribution in [3.05, 3.63) is 77.9 Å². The highest BCUT2D eigenvalue weighted by molar-refractivity contribution is 5.75. The number of nitrogens with zero attached hydrogens (tertiary/aromatic N) is 6. The second-order valence-electron chi connectivity index (χ2n) is 6.28. The Morgan fingerprint density at radius 1 is 1.14 bits per heavy atom. The number of benzene rings is 1. The molecule has 0 amide bonds. The van der Waals surface area contributed by atoms with Gasteiger partial charge in [-0.25, -0.2) is 14.5 Å². The first kappa shape index (κ1) is 17.5. The number of ether oxygens (including phenoxy) is 1. The second-order valence-corrected chi connectivity index (χ2v) is 6.28. The van der Waals surface area contributed by atoms with Crippen LogP contribution < -0.4 is 9.64 Å². The summed E-state index contributed by atoms with van der Waals surface area (Å²) in [4.78, 5) is 11.0. The molecule has 0 saturated carbocycles. The van der Waals surface area contributed by atoms with Crippen molar-refractivity contribution in [2.75, 3.05) is 12.0 Å². The number of hydrogen-bond acceptors (Lipinski definition) is 6. The van der Waals surface area contributed by atoms with Crippen molar-refractivity contribution in [1.29, 1.82) is 5.26 Å². The van der Waals surface area contributed by atoms with E-state index in [9.17, 15) is 5.26 Å². The third-order valence-electron chi connectivity index (χ3n) is 4.40. The number of aromatic nitrogens is 4. The first-order valence-corrected chi connectivity index (χ1v) is 8.76. The maximum Gasteiger partial charge on any atom is 0.179 e. The summed E-state index contributed by atoms with van der Waals surface area (Å²) in [6, 6.07) is 17.8. The van der Waals surface area contributed by atoms with E-state index >= 15 is 0 Å². The lowest BCUT2D eigenvalue weighted by atomic mass is 10.2. The van der Waals surface area contributed by atoms with Crippen LogP contribution in [-0.2, 0) is 6.54 Å². The smallest absolute Gasteiger partial charge is 0.179 e. The fourth-order valence-electron chi connectivity index (χ4n) is 3.06. The first-order valence-electron chi connectivity index (χ1n) is 8.76. The standard InChI is InChI=1S/C21H18N6O/c1-15-11-19(21-24-13-17(12-22)27(21)25-15)26(20-5-3-4-10-23-20)14-16-6-8-18(28-2)9-7-16/h3-11,13H,14H2,1-2H3. The molecule has 0 aliphatic rings. The van der Waals surface area contributed by atoms with Gasteiger partial charge >= 0.3 is 0 Å². The van der Waals surface area contributed by atoms with Gasteiger partial charge in [-0.1, -0.05) is 18.2 Å². The van der Waals surface area contributed by atoms with Gasteiger partial charge in [0.05, 0.1) is 24.7 Å². The Hall–Kier alpha value is -3.92. The third-order valence-corrected chi connectivity index (χ3v) is 4.40. The molecule has 0 atom stereocenters. The zero-order chi connectivity index (χ0) is 19.5. The Balaban J connectivity index is 1.85. The van der Waals surface area contributed by atoms with E-state index in [0.717, 1.165) is 28.5 Å². The number of hydrogen-bond donors (Lipinski definition) is 0. The number of aryl methyl sites for hydroxylation is 1. The van der Waals surface area contributed by atoms with E-state index in [1.54, 1.807) is 17.8 Å². The van der Waals surface area contributed by atoms with E-state index in [1.165, 1.54) is 6.20 Å². The van der Waals surface area contributed by atoms with Crippen molar-refractivity contribution < 1.29 is 4.74 Å². The zero-order valence-corrected chi connectivity index (χ0v) is 15.6. The van der Waals surface area contributed by atoms with E-state index < -0.39 is 0 Å². The van der Waals surface area contributed by atoms with Gasteiger partial charge in [0.25, 0.3) is 0 Å². The molecule has 0 aliphatic heterocycles. The van der Waals surface area contributed by atoms with Crippen molar-refractivity contribution in [2.45, 2.75) is 13.5 Å². The van der Waals surface area contributed by atoms with Crippen LogP contribution in [0.5, 0.6) is 5.75 Å². The van der Waals surface area contributed by atoms with E-state index in [0.29, 0.717) is 17.9 Å². The fraction of sp³-hybridized carbons (Fsp3) is 0.143. The van der Waals surface area contributed by atoms with Crippen molar-refractivity contribution in [2.24, 2.45) is 0 Å². The predicted molar refractivity (Wildman–Crippen MR) is 106 cm³/mol. The fourth-order valence-corrected chi connectivity index (χ4v) is 3.06. The van der Waals surface area contributed by atoms with Gasteiger partial charge in [-0.2, -0.15) is 10.4 Å². The summed E-state index contributed by atoms with van der Waals surface area (Å²) in [5, 5.41) is 13.8. The molecule has 7 nitrogen and oxygen atoms in total. The summed E-state index contributed by atoms with van der Waals surface area (Å²) in [5.74, 6) is 1.59. The van der Waals surface area contributed by atoms with Crippen LogP contribution in [0.25, 0.3) is 5.65 Å². The molecule has 3 heterocycles. The molecule has 4 rings (SSSR count). The highest BCUT2D eigenvalue weighted by Crippen LogP contribution is 2.30. The molecule has 0 spiro atoms. The summed E-state index contributed by atoms with van der Waals surface area (Å²) < 4.78 is 6.83. The van der Waals surface area contributed by atoms with Gasteiger partial charge in [0.15, 0.2) is 11.3 Å². The molecule has 0 radical (unpaired) electrons. The van der Waals surface area contributed by atoms with Crippen LogP contribution in [0.1, 0.15) is 17.0 Å². The lowest BCUT2D eigenvalue weighted by molar-refractivity contribution is 0.414. The van der Waals surface area contributed by atoms with Crippen LogP contribution in [-0.4, -0.2) is 26.7 Å². The molecule has 1 aromatic carbocycles.